The Morgan fingerprint density at radius 3 is 2.62 bits per heavy atom. The number of urea groups is 1. The van der Waals surface area contributed by atoms with Crippen LogP contribution in [0.15, 0.2) is 35.3 Å². The van der Waals surface area contributed by atoms with Gasteiger partial charge in [-0.1, -0.05) is 25.3 Å². The lowest BCUT2D eigenvalue weighted by atomic mass is 9.96. The van der Waals surface area contributed by atoms with Gasteiger partial charge in [0, 0.05) is 38.1 Å². The highest BCUT2D eigenvalue weighted by Gasteiger charge is 2.30. The number of carbonyl (C=O) groups is 1. The third-order valence-electron chi connectivity index (χ3n) is 8.18. The summed E-state index contributed by atoms with van der Waals surface area (Å²) in [4.78, 5) is 32.6. The third-order valence-corrected chi connectivity index (χ3v) is 8.18. The summed E-state index contributed by atoms with van der Waals surface area (Å²) in [5, 5.41) is 18.6. The first kappa shape index (κ1) is 23.6. The Morgan fingerprint density at radius 1 is 1.00 bits per heavy atom. The maximum Gasteiger partial charge on any atom is 0.320 e. The molecule has 2 atom stereocenters. The van der Waals surface area contributed by atoms with Crippen LogP contribution in [0.5, 0.6) is 0 Å². The first-order chi connectivity index (χ1) is 18.1. The van der Waals surface area contributed by atoms with Gasteiger partial charge in [-0.25, -0.2) is 4.79 Å². The quantitative estimate of drug-likeness (QED) is 0.491. The van der Waals surface area contributed by atoms with Crippen LogP contribution in [0.25, 0.3) is 10.9 Å². The van der Waals surface area contributed by atoms with Crippen molar-refractivity contribution < 1.29 is 4.79 Å². The van der Waals surface area contributed by atoms with Crippen LogP contribution < -0.4 is 10.9 Å². The number of aromatic amines is 1. The molecule has 0 radical (unpaired) electrons. The predicted molar refractivity (Wildman–Crippen MR) is 141 cm³/mol. The number of rotatable bonds is 3. The number of aromatic nitrogens is 3. The molecule has 9 heteroatoms. The van der Waals surface area contributed by atoms with Crippen molar-refractivity contribution >= 4 is 28.4 Å². The van der Waals surface area contributed by atoms with Gasteiger partial charge in [0.05, 0.1) is 23.5 Å². The lowest BCUT2D eigenvalue weighted by Crippen LogP contribution is -2.43. The zero-order chi connectivity index (χ0) is 25.4. The van der Waals surface area contributed by atoms with E-state index in [0.29, 0.717) is 24.3 Å². The average molecular weight is 500 g/mol. The topological polar surface area (TPSA) is 110 Å². The van der Waals surface area contributed by atoms with Gasteiger partial charge in [-0.15, -0.1) is 0 Å². The largest absolute Gasteiger partial charge is 0.338 e. The fourth-order valence-corrected chi connectivity index (χ4v) is 6.20. The van der Waals surface area contributed by atoms with E-state index in [0.717, 1.165) is 80.4 Å². The minimum absolute atomic E-state index is 0.0540. The Bertz CT molecular complexity index is 1410. The van der Waals surface area contributed by atoms with Crippen molar-refractivity contribution in [3.05, 3.63) is 51.9 Å². The number of anilines is 2. The molecule has 1 saturated heterocycles. The summed E-state index contributed by atoms with van der Waals surface area (Å²) < 4.78 is 1.90. The highest BCUT2D eigenvalue weighted by molar-refractivity contribution is 5.91. The van der Waals surface area contributed by atoms with Crippen LogP contribution >= 0.6 is 0 Å². The van der Waals surface area contributed by atoms with Crippen LogP contribution in [0, 0.1) is 17.2 Å². The Morgan fingerprint density at radius 2 is 1.78 bits per heavy atom. The van der Waals surface area contributed by atoms with Crippen molar-refractivity contribution in [2.75, 3.05) is 18.4 Å². The maximum absolute atomic E-state index is 13.0. The minimum Gasteiger partial charge on any atom is -0.338 e. The van der Waals surface area contributed by atoms with E-state index in [9.17, 15) is 14.9 Å². The summed E-state index contributed by atoms with van der Waals surface area (Å²) in [5.74, 6) is 0.373. The molecule has 1 aliphatic carbocycles. The second-order valence-electron chi connectivity index (χ2n) is 10.6. The lowest BCUT2D eigenvalue weighted by molar-refractivity contribution is 0.143. The third kappa shape index (κ3) is 4.45. The van der Waals surface area contributed by atoms with Crippen molar-refractivity contribution in [2.24, 2.45) is 5.92 Å². The van der Waals surface area contributed by atoms with Crippen molar-refractivity contribution in [2.45, 2.75) is 70.5 Å². The average Bonchev–Trinajstić information content (AvgIpc) is 3.42. The number of H-pyrrole nitrogens is 1. The fraction of sp³-hybridized carbons (Fsp3) is 0.500. The van der Waals surface area contributed by atoms with Crippen LogP contribution in [0.1, 0.15) is 68.5 Å². The van der Waals surface area contributed by atoms with Gasteiger partial charge in [0.25, 0.3) is 5.56 Å². The molecule has 2 N–H and O–H groups in total. The van der Waals surface area contributed by atoms with Gasteiger partial charge in [0.2, 0.25) is 0 Å². The highest BCUT2D eigenvalue weighted by Crippen LogP contribution is 2.36. The molecule has 3 aliphatic rings. The summed E-state index contributed by atoms with van der Waals surface area (Å²) in [6, 6.07) is 10.5. The Balaban J connectivity index is 1.28. The number of carbonyl (C=O) groups excluding carboxylic acids is 1. The molecule has 2 amide bonds. The standard InChI is InChI=1S/C28H33N7O2/c29-16-19-7-3-1-4-8-23(19)35-24-11-12-30-27(36)25(24)26(32-35)31-22-10-9-20-17-34(18-21(20)15-22)28(37)33-13-5-2-6-14-33/h9-12,15,19,23H,1-8,13-14,17-18H2,(H,30,36)(H,31,32)/t19-,23+/m1/s1. The number of likely N-dealkylation sites (tertiary alicyclic amines) is 1. The number of fused-ring (bicyclic) bond motifs is 2. The van der Waals surface area contributed by atoms with Crippen LogP contribution in [0.4, 0.5) is 16.3 Å². The molecule has 2 aromatic heterocycles. The maximum atomic E-state index is 13.0. The minimum atomic E-state index is -0.201. The second-order valence-corrected chi connectivity index (χ2v) is 10.6. The van der Waals surface area contributed by atoms with Crippen molar-refractivity contribution in [3.63, 3.8) is 0 Å². The number of benzene rings is 1. The molecule has 0 unspecified atom stereocenters. The Hall–Kier alpha value is -3.80. The number of nitrogens with zero attached hydrogens (tertiary/aromatic N) is 5. The number of amides is 2. The number of pyridine rings is 1. The van der Waals surface area contributed by atoms with Gasteiger partial charge in [-0.3, -0.25) is 9.48 Å². The Kier molecular flexibility index (Phi) is 6.33. The smallest absolute Gasteiger partial charge is 0.320 e. The van der Waals surface area contributed by atoms with E-state index < -0.39 is 0 Å². The second kappa shape index (κ2) is 9.92. The van der Waals surface area contributed by atoms with Gasteiger partial charge >= 0.3 is 6.03 Å². The summed E-state index contributed by atoms with van der Waals surface area (Å²) in [6.07, 6.45) is 9.95. The lowest BCUT2D eigenvalue weighted by Gasteiger charge is -2.30. The number of nitrogens with one attached hydrogen (secondary N) is 2. The molecule has 0 spiro atoms. The number of nitriles is 1. The van der Waals surface area contributed by atoms with Crippen LogP contribution in [0.2, 0.25) is 0 Å². The predicted octanol–water partition coefficient (Wildman–Crippen LogP) is 5.03. The molecule has 37 heavy (non-hydrogen) atoms. The zero-order valence-corrected chi connectivity index (χ0v) is 21.1. The summed E-state index contributed by atoms with van der Waals surface area (Å²) >= 11 is 0. The van der Waals surface area contributed by atoms with Gasteiger partial charge < -0.3 is 20.1 Å². The van der Waals surface area contributed by atoms with Crippen molar-refractivity contribution in [3.8, 4) is 6.07 Å². The van der Waals surface area contributed by atoms with E-state index >= 15 is 0 Å². The van der Waals surface area contributed by atoms with E-state index in [1.165, 1.54) is 6.42 Å². The summed E-state index contributed by atoms with van der Waals surface area (Å²) in [7, 11) is 0. The van der Waals surface area contributed by atoms with E-state index in [2.05, 4.69) is 28.5 Å². The first-order valence-corrected chi connectivity index (χ1v) is 13.5. The van der Waals surface area contributed by atoms with E-state index in [-0.39, 0.29) is 23.6 Å². The molecular weight excluding hydrogens is 466 g/mol. The van der Waals surface area contributed by atoms with Crippen molar-refractivity contribution in [1.82, 2.24) is 24.6 Å². The fourth-order valence-electron chi connectivity index (χ4n) is 6.20. The number of piperidine rings is 1. The summed E-state index contributed by atoms with van der Waals surface area (Å²) in [5.41, 5.74) is 3.64. The summed E-state index contributed by atoms with van der Waals surface area (Å²) in [6.45, 7) is 2.90. The van der Waals surface area contributed by atoms with Gasteiger partial charge in [-0.05, 0) is 61.4 Å². The molecule has 3 aromatic rings. The van der Waals surface area contributed by atoms with Crippen LogP contribution in [0.3, 0.4) is 0 Å². The van der Waals surface area contributed by atoms with E-state index in [1.54, 1.807) is 6.20 Å². The zero-order valence-electron chi connectivity index (χ0n) is 21.1. The number of hydrogen-bond acceptors (Lipinski definition) is 5. The normalized spacial score (nSPS) is 21.9. The van der Waals surface area contributed by atoms with Crippen LogP contribution in [-0.2, 0) is 13.1 Å². The molecule has 4 heterocycles. The van der Waals surface area contributed by atoms with Gasteiger partial charge in [0.15, 0.2) is 5.82 Å². The monoisotopic (exact) mass is 499 g/mol. The van der Waals surface area contributed by atoms with Gasteiger partial charge in [-0.2, -0.15) is 10.4 Å². The van der Waals surface area contributed by atoms with E-state index in [1.807, 2.05) is 26.6 Å². The van der Waals surface area contributed by atoms with Gasteiger partial charge in [0.1, 0.15) is 5.39 Å². The van der Waals surface area contributed by atoms with Crippen LogP contribution in [-0.4, -0.2) is 43.7 Å². The molecule has 9 nitrogen and oxygen atoms in total. The number of hydrogen-bond donors (Lipinski definition) is 2. The first-order valence-electron chi connectivity index (χ1n) is 13.5. The highest BCUT2D eigenvalue weighted by atomic mass is 16.2. The SMILES string of the molecule is N#C[C@H]1CCCCC[C@@H]1n1nc(Nc2ccc3c(c2)CN(C(=O)N2CCCCC2)C3)c2c(=O)[nH]ccc21. The molecule has 6 rings (SSSR count). The molecule has 2 aliphatic heterocycles. The molecule has 0 bridgehead atoms. The van der Waals surface area contributed by atoms with E-state index in [4.69, 9.17) is 5.10 Å². The molecule has 2 fully saturated rings. The molecule has 1 aromatic carbocycles. The molecule has 192 valence electrons. The van der Waals surface area contributed by atoms with Crippen molar-refractivity contribution in [1.29, 1.82) is 5.26 Å². The molecule has 1 saturated carbocycles. The Labute approximate surface area is 216 Å². The molecular formula is C28H33N7O2.